The number of halogens is 3. The molecule has 1 aliphatic heterocycles. The van der Waals surface area contributed by atoms with Crippen molar-refractivity contribution in [1.82, 2.24) is 10.2 Å². The van der Waals surface area contributed by atoms with Crippen molar-refractivity contribution in [2.24, 2.45) is 5.41 Å². The molecule has 1 fully saturated rings. The molecule has 2 rings (SSSR count). The van der Waals surface area contributed by atoms with Crippen LogP contribution in [0, 0.1) is 5.41 Å². The number of anilines is 2. The number of rotatable bonds is 4. The Balaban J connectivity index is 2.13. The Labute approximate surface area is 163 Å². The molecule has 0 saturated carbocycles. The van der Waals surface area contributed by atoms with E-state index < -0.39 is 29.6 Å². The van der Waals surface area contributed by atoms with Crippen molar-refractivity contribution >= 4 is 23.2 Å². The van der Waals surface area contributed by atoms with E-state index in [0.717, 1.165) is 19.2 Å². The summed E-state index contributed by atoms with van der Waals surface area (Å²) in [6.07, 6.45) is -4.61. The van der Waals surface area contributed by atoms with Crippen molar-refractivity contribution < 1.29 is 22.8 Å². The van der Waals surface area contributed by atoms with E-state index in [1.807, 2.05) is 11.9 Å². The molecule has 9 heteroatoms. The molecule has 2 amide bonds. The summed E-state index contributed by atoms with van der Waals surface area (Å²) in [5, 5.41) is 4.68. The normalized spacial score (nSPS) is 16.0. The minimum absolute atomic E-state index is 0.319. The predicted octanol–water partition coefficient (Wildman–Crippen LogP) is 2.56. The van der Waals surface area contributed by atoms with E-state index in [9.17, 15) is 22.8 Å². The number of carbonyl (C=O) groups excluding carboxylic acids is 2. The monoisotopic (exact) mass is 400 g/mol. The third-order valence-electron chi connectivity index (χ3n) is 4.54. The standard InChI is InChI=1S/C19H27F3N4O2/c1-18(2,3)17(28)23-12-16(27)24-15-6-5-13(11-14(15)19(20,21)22)26-9-7-25(4)8-10-26/h5-6,11H,7-10,12H2,1-4H3,(H,23,28)(H,24,27). The van der Waals surface area contributed by atoms with Crippen LogP contribution in [-0.4, -0.2) is 56.5 Å². The quantitative estimate of drug-likeness (QED) is 0.816. The summed E-state index contributed by atoms with van der Waals surface area (Å²) < 4.78 is 40.6. The van der Waals surface area contributed by atoms with Crippen LogP contribution in [0.15, 0.2) is 18.2 Å². The summed E-state index contributed by atoms with van der Waals surface area (Å²) in [4.78, 5) is 27.9. The molecule has 0 unspecified atom stereocenters. The van der Waals surface area contributed by atoms with E-state index in [1.165, 1.54) is 6.07 Å². The third-order valence-corrected chi connectivity index (χ3v) is 4.54. The van der Waals surface area contributed by atoms with Crippen molar-refractivity contribution in [2.75, 3.05) is 50.0 Å². The molecule has 0 aliphatic carbocycles. The van der Waals surface area contributed by atoms with E-state index in [0.29, 0.717) is 18.8 Å². The van der Waals surface area contributed by atoms with Crippen LogP contribution in [0.25, 0.3) is 0 Å². The summed E-state index contributed by atoms with van der Waals surface area (Å²) in [6.45, 7) is 7.46. The topological polar surface area (TPSA) is 64.7 Å². The van der Waals surface area contributed by atoms with Gasteiger partial charge in [0.05, 0.1) is 17.8 Å². The molecule has 1 saturated heterocycles. The SMILES string of the molecule is CN1CCN(c2ccc(NC(=O)CNC(=O)C(C)(C)C)c(C(F)(F)F)c2)CC1. The lowest BCUT2D eigenvalue weighted by molar-refractivity contribution is -0.137. The Kier molecular flexibility index (Phi) is 6.59. The zero-order valence-electron chi connectivity index (χ0n) is 16.6. The molecular formula is C19H27F3N4O2. The number of piperazine rings is 1. The van der Waals surface area contributed by atoms with Gasteiger partial charge >= 0.3 is 6.18 Å². The Bertz CT molecular complexity index is 721. The summed E-state index contributed by atoms with van der Waals surface area (Å²) in [5.41, 5.74) is -1.44. The highest BCUT2D eigenvalue weighted by molar-refractivity contribution is 5.96. The molecule has 1 heterocycles. The minimum Gasteiger partial charge on any atom is -0.369 e. The average molecular weight is 400 g/mol. The van der Waals surface area contributed by atoms with Gasteiger partial charge < -0.3 is 20.4 Å². The molecular weight excluding hydrogens is 373 g/mol. The number of hydrogen-bond acceptors (Lipinski definition) is 4. The largest absolute Gasteiger partial charge is 0.418 e. The predicted molar refractivity (Wildman–Crippen MR) is 102 cm³/mol. The van der Waals surface area contributed by atoms with Crippen LogP contribution in [-0.2, 0) is 15.8 Å². The molecule has 0 aromatic heterocycles. The first kappa shape index (κ1) is 22.0. The fourth-order valence-electron chi connectivity index (χ4n) is 2.76. The van der Waals surface area contributed by atoms with Crippen molar-refractivity contribution in [2.45, 2.75) is 26.9 Å². The molecule has 6 nitrogen and oxygen atoms in total. The number of alkyl halides is 3. The second kappa shape index (κ2) is 8.38. The lowest BCUT2D eigenvalue weighted by Gasteiger charge is -2.34. The fourth-order valence-corrected chi connectivity index (χ4v) is 2.76. The van der Waals surface area contributed by atoms with Crippen LogP contribution in [0.3, 0.4) is 0 Å². The van der Waals surface area contributed by atoms with Crippen LogP contribution in [0.5, 0.6) is 0 Å². The number of nitrogens with one attached hydrogen (secondary N) is 2. The van der Waals surface area contributed by atoms with Gasteiger partial charge in [0.1, 0.15) is 0 Å². The zero-order valence-corrected chi connectivity index (χ0v) is 16.6. The first-order valence-electron chi connectivity index (χ1n) is 9.11. The first-order valence-corrected chi connectivity index (χ1v) is 9.11. The van der Waals surface area contributed by atoms with Crippen molar-refractivity contribution in [1.29, 1.82) is 0 Å². The van der Waals surface area contributed by atoms with Crippen LogP contribution in [0.1, 0.15) is 26.3 Å². The number of benzene rings is 1. The summed E-state index contributed by atoms with van der Waals surface area (Å²) >= 11 is 0. The molecule has 28 heavy (non-hydrogen) atoms. The van der Waals surface area contributed by atoms with Crippen LogP contribution in [0.4, 0.5) is 24.5 Å². The van der Waals surface area contributed by atoms with E-state index in [1.54, 1.807) is 26.8 Å². The lowest BCUT2D eigenvalue weighted by atomic mass is 9.96. The zero-order chi connectivity index (χ0) is 21.1. The van der Waals surface area contributed by atoms with E-state index in [2.05, 4.69) is 15.5 Å². The molecule has 0 radical (unpaired) electrons. The molecule has 156 valence electrons. The molecule has 0 spiro atoms. The van der Waals surface area contributed by atoms with Gasteiger partial charge in [0.2, 0.25) is 11.8 Å². The van der Waals surface area contributed by atoms with Crippen LogP contribution in [0.2, 0.25) is 0 Å². The van der Waals surface area contributed by atoms with Gasteiger partial charge in [0.25, 0.3) is 0 Å². The summed E-state index contributed by atoms with van der Waals surface area (Å²) in [5.74, 6) is -1.07. The van der Waals surface area contributed by atoms with E-state index in [-0.39, 0.29) is 11.6 Å². The Morgan fingerprint density at radius 3 is 2.21 bits per heavy atom. The van der Waals surface area contributed by atoms with Crippen molar-refractivity contribution in [3.8, 4) is 0 Å². The molecule has 1 aromatic carbocycles. The maximum Gasteiger partial charge on any atom is 0.418 e. The van der Waals surface area contributed by atoms with Gasteiger partial charge in [0, 0.05) is 37.3 Å². The number of amides is 2. The number of hydrogen-bond donors (Lipinski definition) is 2. The van der Waals surface area contributed by atoms with Gasteiger partial charge in [-0.2, -0.15) is 13.2 Å². The maximum absolute atomic E-state index is 13.5. The number of nitrogens with zero attached hydrogens (tertiary/aromatic N) is 2. The van der Waals surface area contributed by atoms with Crippen LogP contribution < -0.4 is 15.5 Å². The van der Waals surface area contributed by atoms with E-state index in [4.69, 9.17) is 0 Å². The summed E-state index contributed by atoms with van der Waals surface area (Å²) in [6, 6.07) is 3.90. The minimum atomic E-state index is -4.61. The fraction of sp³-hybridized carbons (Fsp3) is 0.579. The maximum atomic E-state index is 13.5. The summed E-state index contributed by atoms with van der Waals surface area (Å²) in [7, 11) is 1.97. The van der Waals surface area contributed by atoms with Gasteiger partial charge in [-0.15, -0.1) is 0 Å². The Hall–Kier alpha value is -2.29. The number of likely N-dealkylation sites (N-methyl/N-ethyl adjacent to an activating group) is 1. The first-order chi connectivity index (χ1) is 12.9. The van der Waals surface area contributed by atoms with Crippen molar-refractivity contribution in [3.05, 3.63) is 23.8 Å². The molecule has 0 atom stereocenters. The smallest absolute Gasteiger partial charge is 0.369 e. The third kappa shape index (κ3) is 5.85. The van der Waals surface area contributed by atoms with Gasteiger partial charge in [-0.3, -0.25) is 9.59 Å². The Morgan fingerprint density at radius 2 is 1.68 bits per heavy atom. The highest BCUT2D eigenvalue weighted by atomic mass is 19.4. The Morgan fingerprint density at radius 1 is 1.07 bits per heavy atom. The lowest BCUT2D eigenvalue weighted by Crippen LogP contribution is -2.44. The highest BCUT2D eigenvalue weighted by Crippen LogP contribution is 2.37. The van der Waals surface area contributed by atoms with Gasteiger partial charge in [0.15, 0.2) is 0 Å². The molecule has 1 aliphatic rings. The molecule has 1 aromatic rings. The second-order valence-corrected chi connectivity index (χ2v) is 8.00. The number of carbonyl (C=O) groups is 2. The molecule has 2 N–H and O–H groups in total. The highest BCUT2D eigenvalue weighted by Gasteiger charge is 2.35. The average Bonchev–Trinajstić information content (AvgIpc) is 2.59. The van der Waals surface area contributed by atoms with Gasteiger partial charge in [-0.05, 0) is 25.2 Å². The second-order valence-electron chi connectivity index (χ2n) is 8.00. The van der Waals surface area contributed by atoms with Crippen molar-refractivity contribution in [3.63, 3.8) is 0 Å². The molecule has 0 bridgehead atoms. The van der Waals surface area contributed by atoms with Gasteiger partial charge in [-0.25, -0.2) is 0 Å². The van der Waals surface area contributed by atoms with E-state index >= 15 is 0 Å². The van der Waals surface area contributed by atoms with Gasteiger partial charge in [-0.1, -0.05) is 20.8 Å². The van der Waals surface area contributed by atoms with Crippen LogP contribution >= 0.6 is 0 Å².